The highest BCUT2D eigenvalue weighted by molar-refractivity contribution is 9.08. The molecular formula is C11H12BrN3O2S. The first-order valence-electron chi connectivity index (χ1n) is 5.21. The number of H-pyrrole nitrogens is 1. The summed E-state index contributed by atoms with van der Waals surface area (Å²) < 4.78 is 26.9. The van der Waals surface area contributed by atoms with E-state index in [0.29, 0.717) is 16.7 Å². The second kappa shape index (κ2) is 5.11. The summed E-state index contributed by atoms with van der Waals surface area (Å²) in [6, 6.07) is 7.22. The molecule has 0 saturated heterocycles. The van der Waals surface area contributed by atoms with Crippen molar-refractivity contribution in [1.82, 2.24) is 10.2 Å². The highest BCUT2D eigenvalue weighted by atomic mass is 79.9. The van der Waals surface area contributed by atoms with E-state index < -0.39 is 10.0 Å². The van der Waals surface area contributed by atoms with Gasteiger partial charge in [-0.2, -0.15) is 5.10 Å². The van der Waals surface area contributed by atoms with Crippen molar-refractivity contribution in [1.29, 1.82) is 0 Å². The van der Waals surface area contributed by atoms with Crippen LogP contribution in [0.1, 0.15) is 11.3 Å². The lowest BCUT2D eigenvalue weighted by molar-refractivity contribution is 0.600. The first-order chi connectivity index (χ1) is 8.54. The number of nitrogens with one attached hydrogen (secondary N) is 2. The van der Waals surface area contributed by atoms with Crippen molar-refractivity contribution in [2.75, 3.05) is 4.72 Å². The third-order valence-corrected chi connectivity index (χ3v) is 4.56. The molecule has 2 aromatic rings. The van der Waals surface area contributed by atoms with E-state index >= 15 is 0 Å². The number of benzene rings is 1. The molecule has 0 atom stereocenters. The van der Waals surface area contributed by atoms with E-state index in [2.05, 4.69) is 30.8 Å². The number of aromatic nitrogens is 2. The van der Waals surface area contributed by atoms with Crippen LogP contribution in [0.5, 0.6) is 0 Å². The topological polar surface area (TPSA) is 74.8 Å². The third-order valence-electron chi connectivity index (χ3n) is 2.48. The van der Waals surface area contributed by atoms with Gasteiger partial charge >= 0.3 is 0 Å². The Kier molecular flexibility index (Phi) is 3.72. The van der Waals surface area contributed by atoms with Gasteiger partial charge in [0.2, 0.25) is 0 Å². The van der Waals surface area contributed by atoms with Crippen molar-refractivity contribution in [2.45, 2.75) is 17.1 Å². The van der Waals surface area contributed by atoms with Gasteiger partial charge in [0.1, 0.15) is 4.90 Å². The largest absolute Gasteiger partial charge is 0.281 e. The number of hydrogen-bond acceptors (Lipinski definition) is 3. The Bertz CT molecular complexity index is 652. The van der Waals surface area contributed by atoms with E-state index in [-0.39, 0.29) is 4.90 Å². The molecule has 0 radical (unpaired) electrons. The molecule has 5 nitrogen and oxygen atoms in total. The van der Waals surface area contributed by atoms with Crippen LogP contribution in [-0.4, -0.2) is 18.6 Å². The van der Waals surface area contributed by atoms with Crippen molar-refractivity contribution in [3.05, 3.63) is 41.7 Å². The highest BCUT2D eigenvalue weighted by Gasteiger charge is 2.19. The van der Waals surface area contributed by atoms with Crippen LogP contribution in [0, 0.1) is 6.92 Å². The first-order valence-corrected chi connectivity index (χ1v) is 7.81. The molecule has 18 heavy (non-hydrogen) atoms. The Balaban J connectivity index is 2.37. The molecular weight excluding hydrogens is 318 g/mol. The summed E-state index contributed by atoms with van der Waals surface area (Å²) in [5.74, 6) is 0. The lowest BCUT2D eigenvalue weighted by Gasteiger charge is -2.10. The summed E-state index contributed by atoms with van der Waals surface area (Å²) in [6.07, 6.45) is 1.30. The number of sulfonamides is 1. The van der Waals surface area contributed by atoms with Gasteiger partial charge in [-0.1, -0.05) is 34.1 Å². The van der Waals surface area contributed by atoms with Crippen LogP contribution in [-0.2, 0) is 15.4 Å². The summed E-state index contributed by atoms with van der Waals surface area (Å²) >= 11 is 3.33. The standard InChI is InChI=1S/C11H12BrN3O2S/c1-8-11(7-13-14-8)18(16,17)15-10-5-3-2-4-9(10)6-12/h2-5,7,15H,6H2,1H3,(H,13,14). The molecule has 0 spiro atoms. The average molecular weight is 330 g/mol. The molecule has 0 bridgehead atoms. The molecule has 0 aliphatic rings. The van der Waals surface area contributed by atoms with Crippen molar-refractivity contribution in [3.8, 4) is 0 Å². The van der Waals surface area contributed by atoms with Crippen LogP contribution >= 0.6 is 15.9 Å². The Labute approximate surface area is 114 Å². The Morgan fingerprint density at radius 2 is 2.11 bits per heavy atom. The SMILES string of the molecule is Cc1[nH]ncc1S(=O)(=O)Nc1ccccc1CBr. The predicted molar refractivity (Wildman–Crippen MR) is 73.2 cm³/mol. The summed E-state index contributed by atoms with van der Waals surface area (Å²) in [5, 5.41) is 6.91. The number of aromatic amines is 1. The lowest BCUT2D eigenvalue weighted by atomic mass is 10.2. The van der Waals surface area contributed by atoms with Gasteiger partial charge in [0.25, 0.3) is 10.0 Å². The second-order valence-corrected chi connectivity index (χ2v) is 5.97. The molecule has 96 valence electrons. The van der Waals surface area contributed by atoms with Gasteiger partial charge < -0.3 is 0 Å². The van der Waals surface area contributed by atoms with Crippen LogP contribution in [0.4, 0.5) is 5.69 Å². The Hall–Kier alpha value is -1.34. The van der Waals surface area contributed by atoms with E-state index in [1.807, 2.05) is 12.1 Å². The van der Waals surface area contributed by atoms with Gasteiger partial charge in [0.05, 0.1) is 17.6 Å². The molecule has 0 amide bonds. The minimum Gasteiger partial charge on any atom is -0.281 e. The second-order valence-electron chi connectivity index (χ2n) is 3.76. The number of para-hydroxylation sites is 1. The summed E-state index contributed by atoms with van der Waals surface area (Å²) in [7, 11) is -3.60. The summed E-state index contributed by atoms with van der Waals surface area (Å²) in [4.78, 5) is 0.159. The molecule has 0 fully saturated rings. The first kappa shape index (κ1) is 13.1. The molecule has 0 unspecified atom stereocenters. The third kappa shape index (κ3) is 2.56. The zero-order valence-electron chi connectivity index (χ0n) is 9.64. The van der Waals surface area contributed by atoms with Crippen LogP contribution in [0.15, 0.2) is 35.4 Å². The van der Waals surface area contributed by atoms with E-state index in [9.17, 15) is 8.42 Å². The van der Waals surface area contributed by atoms with Crippen LogP contribution < -0.4 is 4.72 Å². The molecule has 7 heteroatoms. The van der Waals surface area contributed by atoms with Crippen molar-refractivity contribution >= 4 is 31.6 Å². The fourth-order valence-electron chi connectivity index (χ4n) is 1.55. The molecule has 0 aliphatic carbocycles. The maximum atomic E-state index is 12.2. The molecule has 1 heterocycles. The number of alkyl halides is 1. The van der Waals surface area contributed by atoms with E-state index in [0.717, 1.165) is 5.56 Å². The molecule has 1 aromatic carbocycles. The smallest absolute Gasteiger partial charge is 0.265 e. The number of halogens is 1. The zero-order valence-corrected chi connectivity index (χ0v) is 12.0. The molecule has 2 N–H and O–H groups in total. The maximum Gasteiger partial charge on any atom is 0.265 e. The highest BCUT2D eigenvalue weighted by Crippen LogP contribution is 2.22. The number of rotatable bonds is 4. The fourth-order valence-corrected chi connectivity index (χ4v) is 3.27. The van der Waals surface area contributed by atoms with Gasteiger partial charge in [-0.15, -0.1) is 0 Å². The van der Waals surface area contributed by atoms with Gasteiger partial charge in [0, 0.05) is 5.33 Å². The van der Waals surface area contributed by atoms with Gasteiger partial charge in [-0.25, -0.2) is 8.42 Å². The average Bonchev–Trinajstić information content (AvgIpc) is 2.76. The van der Waals surface area contributed by atoms with E-state index in [1.54, 1.807) is 19.1 Å². The Morgan fingerprint density at radius 3 is 2.72 bits per heavy atom. The van der Waals surface area contributed by atoms with Crippen molar-refractivity contribution in [2.24, 2.45) is 0 Å². The van der Waals surface area contributed by atoms with Crippen LogP contribution in [0.3, 0.4) is 0 Å². The van der Waals surface area contributed by atoms with Crippen molar-refractivity contribution in [3.63, 3.8) is 0 Å². The normalized spacial score (nSPS) is 11.4. The minimum atomic E-state index is -3.60. The Morgan fingerprint density at radius 1 is 1.39 bits per heavy atom. The van der Waals surface area contributed by atoms with E-state index in [4.69, 9.17) is 0 Å². The number of nitrogens with zero attached hydrogens (tertiary/aromatic N) is 1. The molecule has 0 saturated carbocycles. The van der Waals surface area contributed by atoms with E-state index in [1.165, 1.54) is 6.20 Å². The quantitative estimate of drug-likeness (QED) is 0.846. The number of anilines is 1. The van der Waals surface area contributed by atoms with Crippen molar-refractivity contribution < 1.29 is 8.42 Å². The van der Waals surface area contributed by atoms with Gasteiger partial charge in [-0.05, 0) is 18.6 Å². The molecule has 0 aliphatic heterocycles. The number of aryl methyl sites for hydroxylation is 1. The summed E-state index contributed by atoms with van der Waals surface area (Å²) in [6.45, 7) is 1.66. The summed E-state index contributed by atoms with van der Waals surface area (Å²) in [5.41, 5.74) is 1.95. The maximum absolute atomic E-state index is 12.2. The fraction of sp³-hybridized carbons (Fsp3) is 0.182. The predicted octanol–water partition coefficient (Wildman–Crippen LogP) is 2.41. The molecule has 2 rings (SSSR count). The molecule has 1 aromatic heterocycles. The number of hydrogen-bond donors (Lipinski definition) is 2. The minimum absolute atomic E-state index is 0.159. The van der Waals surface area contributed by atoms with Crippen LogP contribution in [0.2, 0.25) is 0 Å². The van der Waals surface area contributed by atoms with Gasteiger partial charge in [-0.3, -0.25) is 9.82 Å². The van der Waals surface area contributed by atoms with Gasteiger partial charge in [0.15, 0.2) is 0 Å². The van der Waals surface area contributed by atoms with Crippen LogP contribution in [0.25, 0.3) is 0 Å². The monoisotopic (exact) mass is 329 g/mol. The zero-order chi connectivity index (χ0) is 13.2. The lowest BCUT2D eigenvalue weighted by Crippen LogP contribution is -2.14.